The Morgan fingerprint density at radius 3 is 2.52 bits per heavy atom. The van der Waals surface area contributed by atoms with Crippen LogP contribution in [0.5, 0.6) is 0 Å². The lowest BCUT2D eigenvalue weighted by atomic mass is 10.0. The van der Waals surface area contributed by atoms with Crippen molar-refractivity contribution >= 4 is 11.7 Å². The van der Waals surface area contributed by atoms with Gasteiger partial charge in [-0.2, -0.15) is 13.2 Å². The van der Waals surface area contributed by atoms with Crippen LogP contribution in [0.1, 0.15) is 28.8 Å². The zero-order chi connectivity index (χ0) is 17.0. The number of hydrogen-bond acceptors (Lipinski definition) is 4. The Morgan fingerprint density at radius 2 is 2.00 bits per heavy atom. The van der Waals surface area contributed by atoms with Crippen molar-refractivity contribution in [2.45, 2.75) is 25.1 Å². The van der Waals surface area contributed by atoms with Crippen molar-refractivity contribution in [2.24, 2.45) is 5.11 Å². The van der Waals surface area contributed by atoms with Crippen LogP contribution in [0, 0.1) is 0 Å². The van der Waals surface area contributed by atoms with E-state index >= 15 is 0 Å². The lowest BCUT2D eigenvalue weighted by molar-refractivity contribution is -0.137. The minimum atomic E-state index is -4.55. The number of halogens is 3. The Bertz CT molecular complexity index is 633. The fourth-order valence-electron chi connectivity index (χ4n) is 2.51. The summed E-state index contributed by atoms with van der Waals surface area (Å²) >= 11 is 0. The Kier molecular flexibility index (Phi) is 5.00. The summed E-state index contributed by atoms with van der Waals surface area (Å²) in [4.78, 5) is 16.1. The highest BCUT2D eigenvalue weighted by molar-refractivity contribution is 5.91. The van der Waals surface area contributed by atoms with Crippen LogP contribution in [0.3, 0.4) is 0 Å². The summed E-state index contributed by atoms with van der Waals surface area (Å²) in [5, 5.41) is 3.63. The lowest BCUT2D eigenvalue weighted by Gasteiger charge is -2.32. The lowest BCUT2D eigenvalue weighted by Crippen LogP contribution is -2.35. The molecule has 1 heterocycles. The van der Waals surface area contributed by atoms with E-state index in [1.165, 1.54) is 6.07 Å². The minimum Gasteiger partial charge on any atom is -0.465 e. The van der Waals surface area contributed by atoms with E-state index < -0.39 is 17.7 Å². The third kappa shape index (κ3) is 4.07. The number of benzene rings is 1. The van der Waals surface area contributed by atoms with Gasteiger partial charge in [0, 0.05) is 29.7 Å². The number of rotatable bonds is 3. The Labute approximate surface area is 130 Å². The van der Waals surface area contributed by atoms with Crippen molar-refractivity contribution in [1.82, 2.24) is 0 Å². The number of anilines is 1. The normalized spacial score (nSPS) is 15.9. The molecule has 6 nitrogen and oxygen atoms in total. The maximum atomic E-state index is 13.0. The number of alkyl halides is 3. The molecule has 1 saturated heterocycles. The number of nitrogens with zero attached hydrogens (tertiary/aromatic N) is 4. The zero-order valence-corrected chi connectivity index (χ0v) is 12.4. The van der Waals surface area contributed by atoms with E-state index in [4.69, 9.17) is 5.53 Å². The number of carbonyl (C=O) groups excluding carboxylic acids is 1. The van der Waals surface area contributed by atoms with Crippen LogP contribution in [-0.4, -0.2) is 32.2 Å². The van der Waals surface area contributed by atoms with Gasteiger partial charge in [-0.05, 0) is 36.6 Å². The standard InChI is InChI=1S/C14H15F3N4O2/c1-23-13(22)9-6-10(14(15,16)17)8-12(7-9)21-4-2-11(3-5-21)19-20-18/h6-8,11H,2-5H2,1H3. The largest absolute Gasteiger partial charge is 0.465 e. The third-order valence-corrected chi connectivity index (χ3v) is 3.71. The summed E-state index contributed by atoms with van der Waals surface area (Å²) in [5.41, 5.74) is 7.69. The highest BCUT2D eigenvalue weighted by Gasteiger charge is 2.33. The molecule has 1 aliphatic rings. The number of hydrogen-bond donors (Lipinski definition) is 0. The second-order valence-corrected chi connectivity index (χ2v) is 5.18. The van der Waals surface area contributed by atoms with Gasteiger partial charge in [-0.3, -0.25) is 0 Å². The quantitative estimate of drug-likeness (QED) is 0.367. The maximum absolute atomic E-state index is 13.0. The van der Waals surface area contributed by atoms with Crippen molar-refractivity contribution in [3.63, 3.8) is 0 Å². The maximum Gasteiger partial charge on any atom is 0.416 e. The molecular weight excluding hydrogens is 313 g/mol. The van der Waals surface area contributed by atoms with E-state index in [-0.39, 0.29) is 11.6 Å². The molecule has 1 aromatic carbocycles. The van der Waals surface area contributed by atoms with Gasteiger partial charge >= 0.3 is 12.1 Å². The van der Waals surface area contributed by atoms with Gasteiger partial charge in [0.2, 0.25) is 0 Å². The van der Waals surface area contributed by atoms with Gasteiger partial charge in [0.15, 0.2) is 0 Å². The highest BCUT2D eigenvalue weighted by Crippen LogP contribution is 2.34. The van der Waals surface area contributed by atoms with E-state index in [9.17, 15) is 18.0 Å². The molecule has 0 unspecified atom stereocenters. The molecule has 0 radical (unpaired) electrons. The Hall–Kier alpha value is -2.41. The van der Waals surface area contributed by atoms with Gasteiger partial charge in [-0.25, -0.2) is 4.79 Å². The van der Waals surface area contributed by atoms with Gasteiger partial charge in [0.05, 0.1) is 18.2 Å². The summed E-state index contributed by atoms with van der Waals surface area (Å²) in [5.74, 6) is -0.818. The molecule has 0 aromatic heterocycles. The predicted octanol–water partition coefficient (Wildman–Crippen LogP) is 3.77. The molecule has 1 fully saturated rings. The molecule has 0 saturated carbocycles. The van der Waals surface area contributed by atoms with E-state index in [1.54, 1.807) is 4.90 Å². The number of azide groups is 1. The molecule has 0 atom stereocenters. The number of carbonyl (C=O) groups is 1. The summed E-state index contributed by atoms with van der Waals surface area (Å²) < 4.78 is 43.6. The third-order valence-electron chi connectivity index (χ3n) is 3.71. The summed E-state index contributed by atoms with van der Waals surface area (Å²) in [6, 6.07) is 3.03. The smallest absolute Gasteiger partial charge is 0.416 e. The SMILES string of the molecule is COC(=O)c1cc(N2CCC(N=[N+]=[N-])CC2)cc(C(F)(F)F)c1. The molecule has 0 N–H and O–H groups in total. The van der Waals surface area contributed by atoms with Crippen LogP contribution in [-0.2, 0) is 10.9 Å². The molecule has 9 heteroatoms. The highest BCUT2D eigenvalue weighted by atomic mass is 19.4. The topological polar surface area (TPSA) is 78.3 Å². The molecule has 2 rings (SSSR count). The van der Waals surface area contributed by atoms with Crippen molar-refractivity contribution in [1.29, 1.82) is 0 Å². The van der Waals surface area contributed by atoms with E-state index in [1.807, 2.05) is 0 Å². The fourth-order valence-corrected chi connectivity index (χ4v) is 2.51. The minimum absolute atomic E-state index is 0.144. The molecule has 0 bridgehead atoms. The molecule has 1 aromatic rings. The number of esters is 1. The van der Waals surface area contributed by atoms with E-state index in [0.29, 0.717) is 31.6 Å². The van der Waals surface area contributed by atoms with Gasteiger partial charge < -0.3 is 9.64 Å². The number of methoxy groups -OCH3 is 1. The number of piperidine rings is 1. The Balaban J connectivity index is 2.31. The predicted molar refractivity (Wildman–Crippen MR) is 77.2 cm³/mol. The molecule has 0 amide bonds. The first-order valence-electron chi connectivity index (χ1n) is 6.95. The van der Waals surface area contributed by atoms with Crippen molar-refractivity contribution < 1.29 is 22.7 Å². The zero-order valence-electron chi connectivity index (χ0n) is 12.4. The van der Waals surface area contributed by atoms with E-state index in [2.05, 4.69) is 14.8 Å². The molecule has 0 aliphatic carbocycles. The van der Waals surface area contributed by atoms with Crippen LogP contribution in [0.4, 0.5) is 18.9 Å². The first-order chi connectivity index (χ1) is 10.8. The van der Waals surface area contributed by atoms with Gasteiger partial charge in [-0.15, -0.1) is 0 Å². The summed E-state index contributed by atoms with van der Waals surface area (Å²) in [6.07, 6.45) is -3.45. The fraction of sp³-hybridized carbons (Fsp3) is 0.500. The number of ether oxygens (including phenoxy) is 1. The first kappa shape index (κ1) is 17.0. The summed E-state index contributed by atoms with van der Waals surface area (Å²) in [7, 11) is 1.12. The van der Waals surface area contributed by atoms with Crippen molar-refractivity contribution in [2.75, 3.05) is 25.1 Å². The van der Waals surface area contributed by atoms with Crippen LogP contribution in [0.2, 0.25) is 0 Å². The monoisotopic (exact) mass is 328 g/mol. The van der Waals surface area contributed by atoms with E-state index in [0.717, 1.165) is 19.2 Å². The molecule has 23 heavy (non-hydrogen) atoms. The van der Waals surface area contributed by atoms with Gasteiger partial charge in [-0.1, -0.05) is 5.11 Å². The van der Waals surface area contributed by atoms with Gasteiger partial charge in [0.25, 0.3) is 0 Å². The average Bonchev–Trinajstić information content (AvgIpc) is 2.54. The second-order valence-electron chi connectivity index (χ2n) is 5.18. The molecule has 0 spiro atoms. The van der Waals surface area contributed by atoms with Crippen LogP contribution in [0.25, 0.3) is 10.4 Å². The summed E-state index contributed by atoms with van der Waals surface area (Å²) in [6.45, 7) is 0.900. The average molecular weight is 328 g/mol. The first-order valence-corrected chi connectivity index (χ1v) is 6.95. The Morgan fingerprint density at radius 1 is 1.35 bits per heavy atom. The van der Waals surface area contributed by atoms with Crippen LogP contribution < -0.4 is 4.90 Å². The van der Waals surface area contributed by atoms with Gasteiger partial charge in [0.1, 0.15) is 0 Å². The van der Waals surface area contributed by atoms with Crippen LogP contribution in [0.15, 0.2) is 23.3 Å². The van der Waals surface area contributed by atoms with Crippen LogP contribution >= 0.6 is 0 Å². The van der Waals surface area contributed by atoms with Crippen molar-refractivity contribution in [3.05, 3.63) is 39.8 Å². The van der Waals surface area contributed by atoms with Crippen molar-refractivity contribution in [3.8, 4) is 0 Å². The molecule has 1 aliphatic heterocycles. The molecular formula is C14H15F3N4O2. The second kappa shape index (κ2) is 6.78. The molecule has 124 valence electrons.